The smallest absolute Gasteiger partial charge is 0.181 e. The molecule has 0 aromatic heterocycles. The van der Waals surface area contributed by atoms with E-state index in [1.54, 1.807) is 12.3 Å². The van der Waals surface area contributed by atoms with Crippen LogP contribution in [0.3, 0.4) is 0 Å². The van der Waals surface area contributed by atoms with Gasteiger partial charge in [-0.1, -0.05) is 48.5 Å². The molecule has 6 rings (SSSR count). The molecule has 0 N–H and O–H groups in total. The van der Waals surface area contributed by atoms with Crippen molar-refractivity contribution in [2.45, 2.75) is 42.2 Å². The van der Waals surface area contributed by atoms with Crippen molar-refractivity contribution in [2.75, 3.05) is 0 Å². The predicted molar refractivity (Wildman–Crippen MR) is 136 cm³/mol. The van der Waals surface area contributed by atoms with Crippen LogP contribution in [0.15, 0.2) is 83.9 Å². The number of hydrogen-bond donors (Lipinski definition) is 0. The first-order valence-corrected chi connectivity index (χ1v) is 12.7. The van der Waals surface area contributed by atoms with Gasteiger partial charge < -0.3 is 0 Å². The monoisotopic (exact) mass is 588 g/mol. The van der Waals surface area contributed by atoms with Crippen molar-refractivity contribution in [2.24, 2.45) is 4.99 Å². The summed E-state index contributed by atoms with van der Waals surface area (Å²) in [6.07, 6.45) is -12.2. The minimum Gasteiger partial charge on any atom is -0.181 e. The summed E-state index contributed by atoms with van der Waals surface area (Å²) in [6.45, 7) is 0. The molecule has 0 heterocycles. The first-order chi connectivity index (χ1) is 19.7. The normalized spacial score (nSPS) is 22.9. The second-order valence-electron chi connectivity index (χ2n) is 10.4. The fraction of sp³-hybridized carbons (Fsp3) is 0.226. The van der Waals surface area contributed by atoms with E-state index in [0.29, 0.717) is 27.6 Å². The lowest BCUT2D eigenvalue weighted by atomic mass is 9.81. The van der Waals surface area contributed by atoms with Crippen LogP contribution in [-0.4, -0.2) is 5.71 Å². The van der Waals surface area contributed by atoms with Crippen LogP contribution in [0.2, 0.25) is 0 Å². The van der Waals surface area contributed by atoms with Gasteiger partial charge in [0.25, 0.3) is 0 Å². The van der Waals surface area contributed by atoms with Crippen LogP contribution >= 0.6 is 0 Å². The molecule has 0 amide bonds. The molecule has 4 aromatic carbocycles. The molecule has 0 aliphatic heterocycles. The SMILES string of the molecule is N#CN=C1C(c2ccc(C(F)(F)F)cc2)C2c3cccc4c(C(F)(F)F)ccc(c34)C2C1c1ccc(C(F)(F)F)cc1. The van der Waals surface area contributed by atoms with Crippen LogP contribution < -0.4 is 0 Å². The van der Waals surface area contributed by atoms with Gasteiger partial charge in [0.1, 0.15) is 0 Å². The molecule has 2 nitrogen and oxygen atoms in total. The Morgan fingerprint density at radius 1 is 0.571 bits per heavy atom. The van der Waals surface area contributed by atoms with Gasteiger partial charge in [-0.15, -0.1) is 0 Å². The van der Waals surface area contributed by atoms with Crippen molar-refractivity contribution in [1.82, 2.24) is 0 Å². The quantitative estimate of drug-likeness (QED) is 0.170. The molecule has 2 aliphatic rings. The summed E-state index contributed by atoms with van der Waals surface area (Å²) >= 11 is 0. The van der Waals surface area contributed by atoms with Crippen LogP contribution in [0.5, 0.6) is 0 Å². The Hall–Kier alpha value is -4.33. The standard InChI is InChI=1S/C31H17F9N2/c32-29(33,34)17-8-4-15(5-9-17)23-26-20-3-1-2-19-22(31(38,39)40)13-12-21(25(19)20)27(26)24(28(23)42-14-41)16-6-10-18(11-7-16)30(35,36)37/h1-13,23-24,26-27H. The summed E-state index contributed by atoms with van der Waals surface area (Å²) in [4.78, 5) is 4.06. The fourth-order valence-corrected chi connectivity index (χ4v) is 6.70. The highest BCUT2D eigenvalue weighted by Crippen LogP contribution is 2.65. The van der Waals surface area contributed by atoms with E-state index >= 15 is 0 Å². The van der Waals surface area contributed by atoms with Crippen molar-refractivity contribution in [3.63, 3.8) is 0 Å². The highest BCUT2D eigenvalue weighted by molar-refractivity contribution is 6.06. The fourth-order valence-electron chi connectivity index (χ4n) is 6.70. The first kappa shape index (κ1) is 27.8. The molecular formula is C31H17F9N2. The number of benzene rings is 4. The number of nitriles is 1. The van der Waals surface area contributed by atoms with Crippen LogP contribution in [-0.2, 0) is 18.5 Å². The summed E-state index contributed by atoms with van der Waals surface area (Å²) in [5.41, 5.74) is -0.756. The van der Waals surface area contributed by atoms with E-state index in [0.717, 1.165) is 30.3 Å². The van der Waals surface area contributed by atoms with Gasteiger partial charge in [0, 0.05) is 29.4 Å². The molecule has 1 fully saturated rings. The third kappa shape index (κ3) is 4.32. The van der Waals surface area contributed by atoms with Crippen molar-refractivity contribution < 1.29 is 39.5 Å². The Balaban J connectivity index is 1.61. The average Bonchev–Trinajstić information content (AvgIpc) is 3.41. The third-order valence-electron chi connectivity index (χ3n) is 8.24. The maximum absolute atomic E-state index is 14.0. The molecular weight excluding hydrogens is 571 g/mol. The van der Waals surface area contributed by atoms with Gasteiger partial charge in [0.2, 0.25) is 6.19 Å². The minimum absolute atomic E-state index is 0.0528. The maximum Gasteiger partial charge on any atom is 0.417 e. The number of aliphatic imine (C=N–C) groups is 1. The molecule has 42 heavy (non-hydrogen) atoms. The number of rotatable bonds is 2. The van der Waals surface area contributed by atoms with Gasteiger partial charge in [0.15, 0.2) is 0 Å². The van der Waals surface area contributed by atoms with E-state index in [-0.39, 0.29) is 11.1 Å². The predicted octanol–water partition coefficient (Wildman–Crippen LogP) is 9.58. The lowest BCUT2D eigenvalue weighted by molar-refractivity contribution is -0.138. The Labute approximate surface area is 232 Å². The number of halogens is 9. The topological polar surface area (TPSA) is 36.1 Å². The molecule has 0 bridgehead atoms. The first-order valence-electron chi connectivity index (χ1n) is 12.7. The van der Waals surface area contributed by atoms with E-state index in [2.05, 4.69) is 4.99 Å². The largest absolute Gasteiger partial charge is 0.417 e. The second kappa shape index (κ2) is 9.34. The van der Waals surface area contributed by atoms with E-state index < -0.39 is 58.9 Å². The van der Waals surface area contributed by atoms with Gasteiger partial charge in [-0.2, -0.15) is 49.8 Å². The van der Waals surface area contributed by atoms with Crippen molar-refractivity contribution >= 4 is 16.5 Å². The Morgan fingerprint density at radius 2 is 1.05 bits per heavy atom. The molecule has 1 saturated carbocycles. The Kier molecular flexibility index (Phi) is 6.19. The van der Waals surface area contributed by atoms with Crippen LogP contribution in [0, 0.1) is 11.5 Å². The lowest BCUT2D eigenvalue weighted by Crippen LogP contribution is -2.17. The Morgan fingerprint density at radius 3 is 1.48 bits per heavy atom. The zero-order valence-corrected chi connectivity index (χ0v) is 21.1. The van der Waals surface area contributed by atoms with E-state index in [1.807, 2.05) is 0 Å². The summed E-state index contributed by atoms with van der Waals surface area (Å²) in [6, 6.07) is 15.3. The van der Waals surface area contributed by atoms with Gasteiger partial charge >= 0.3 is 18.5 Å². The van der Waals surface area contributed by atoms with Crippen LogP contribution in [0.25, 0.3) is 10.8 Å². The van der Waals surface area contributed by atoms with E-state index in [4.69, 9.17) is 0 Å². The summed E-state index contributed by atoms with van der Waals surface area (Å²) in [5.74, 6) is -2.97. The molecule has 4 unspecified atom stereocenters. The van der Waals surface area contributed by atoms with Crippen molar-refractivity contribution in [1.29, 1.82) is 5.26 Å². The number of fused-ring (bicyclic) bond motifs is 3. The lowest BCUT2D eigenvalue weighted by Gasteiger charge is -2.22. The average molecular weight is 588 g/mol. The highest BCUT2D eigenvalue weighted by Gasteiger charge is 2.55. The van der Waals surface area contributed by atoms with Gasteiger partial charge in [0.05, 0.1) is 16.7 Å². The summed E-state index contributed by atoms with van der Waals surface area (Å²) in [5, 5.41) is 9.92. The molecule has 11 heteroatoms. The van der Waals surface area contributed by atoms with Crippen molar-refractivity contribution in [3.05, 3.63) is 118 Å². The van der Waals surface area contributed by atoms with Crippen LogP contribution in [0.1, 0.15) is 62.6 Å². The Bertz CT molecular complexity index is 1680. The molecule has 0 radical (unpaired) electrons. The van der Waals surface area contributed by atoms with Gasteiger partial charge in [-0.25, -0.2) is 0 Å². The van der Waals surface area contributed by atoms with Crippen LogP contribution in [0.4, 0.5) is 39.5 Å². The molecule has 4 atom stereocenters. The molecule has 0 spiro atoms. The van der Waals surface area contributed by atoms with E-state index in [9.17, 15) is 44.8 Å². The second-order valence-corrected chi connectivity index (χ2v) is 10.4. The highest BCUT2D eigenvalue weighted by atomic mass is 19.4. The summed E-state index contributed by atoms with van der Waals surface area (Å²) in [7, 11) is 0. The van der Waals surface area contributed by atoms with Gasteiger partial charge in [-0.05, 0) is 63.4 Å². The maximum atomic E-state index is 14.0. The number of nitrogens with zero attached hydrogens (tertiary/aromatic N) is 2. The third-order valence-corrected chi connectivity index (χ3v) is 8.24. The molecule has 0 saturated heterocycles. The number of alkyl halides is 9. The zero-order valence-electron chi connectivity index (χ0n) is 21.1. The molecule has 2 aliphatic carbocycles. The van der Waals surface area contributed by atoms with E-state index in [1.165, 1.54) is 42.5 Å². The van der Waals surface area contributed by atoms with Crippen molar-refractivity contribution in [3.8, 4) is 6.19 Å². The zero-order chi connectivity index (χ0) is 30.2. The van der Waals surface area contributed by atoms with Gasteiger partial charge in [-0.3, -0.25) is 0 Å². The summed E-state index contributed by atoms with van der Waals surface area (Å²) < 4.78 is 122. The molecule has 214 valence electrons. The number of hydrogen-bond acceptors (Lipinski definition) is 2. The minimum atomic E-state index is -4.66. The molecule has 4 aromatic rings.